The molecule has 13 heteroatoms. The highest BCUT2D eigenvalue weighted by molar-refractivity contribution is 6.70. The highest BCUT2D eigenvalue weighted by Gasteiger charge is 2.54. The number of methoxy groups -OCH3 is 3. The maximum Gasteiger partial charge on any atom is 0.255 e. The zero-order valence-electron chi connectivity index (χ0n) is 31.8. The van der Waals surface area contributed by atoms with Crippen LogP contribution in [-0.4, -0.2) is 107 Å². The van der Waals surface area contributed by atoms with Gasteiger partial charge in [0.1, 0.15) is 6.10 Å². The molecule has 0 spiro atoms. The fraction of sp³-hybridized carbons (Fsp3) is 0.909. The van der Waals surface area contributed by atoms with Crippen LogP contribution < -0.4 is 5.32 Å². The molecule has 0 aromatic heterocycles. The molecule has 0 saturated carbocycles. The Labute approximate surface area is 283 Å². The lowest BCUT2D eigenvalue weighted by Gasteiger charge is -2.51. The molecule has 1 amide bonds. The molecule has 0 aliphatic carbocycles. The van der Waals surface area contributed by atoms with Gasteiger partial charge in [-0.2, -0.15) is 0 Å². The predicted octanol–water partition coefficient (Wildman–Crippen LogP) is 6.30. The fourth-order valence-corrected chi connectivity index (χ4v) is 8.96. The van der Waals surface area contributed by atoms with Crippen molar-refractivity contribution >= 4 is 30.9 Å². The highest BCUT2D eigenvalue weighted by atomic mass is 28.4. The molecule has 46 heavy (non-hydrogen) atoms. The van der Waals surface area contributed by atoms with E-state index in [4.69, 9.17) is 37.0 Å². The third kappa shape index (κ3) is 11.6. The van der Waals surface area contributed by atoms with Crippen LogP contribution in [0.4, 0.5) is 0 Å². The molecule has 1 N–H and O–H groups in total. The van der Waals surface area contributed by atoms with E-state index in [0.717, 1.165) is 5.57 Å². The molecule has 2 aliphatic heterocycles. The minimum absolute atomic E-state index is 0.122. The summed E-state index contributed by atoms with van der Waals surface area (Å²) in [4.78, 5) is 14.3. The summed E-state index contributed by atoms with van der Waals surface area (Å²) in [7, 11) is -1.10. The van der Waals surface area contributed by atoms with Gasteiger partial charge in [0.15, 0.2) is 37.3 Å². The van der Waals surface area contributed by atoms with Crippen LogP contribution >= 0.6 is 0 Å². The van der Waals surface area contributed by atoms with Gasteiger partial charge in [-0.05, 0) is 65.8 Å². The molecule has 9 atom stereocenters. The SMILES string of the molecule is C=C1C[C@](OC)([C@H](O[Si](C)(C)C)C(=O)N[C@@H](OC)[C@@H]2C[C@@H](O[Si](C)(C)C)C(C)(C)[C@@H](CC(CO[Si](C)(C)C)OC)O2)O[C@H](C)[C@@H]1C. The van der Waals surface area contributed by atoms with Gasteiger partial charge < -0.3 is 42.3 Å². The van der Waals surface area contributed by atoms with Crippen molar-refractivity contribution in [2.24, 2.45) is 11.3 Å². The molecule has 10 nitrogen and oxygen atoms in total. The zero-order valence-corrected chi connectivity index (χ0v) is 34.8. The predicted molar refractivity (Wildman–Crippen MR) is 190 cm³/mol. The Bertz CT molecular complexity index is 1010. The molecule has 0 radical (unpaired) electrons. The van der Waals surface area contributed by atoms with Gasteiger partial charge in [0.25, 0.3) is 5.91 Å². The summed E-state index contributed by atoms with van der Waals surface area (Å²) in [5, 5.41) is 3.13. The van der Waals surface area contributed by atoms with Crippen molar-refractivity contribution in [2.45, 2.75) is 155 Å². The van der Waals surface area contributed by atoms with Gasteiger partial charge in [-0.25, -0.2) is 0 Å². The number of carbonyl (C=O) groups excluding carboxylic acids is 1. The summed E-state index contributed by atoms with van der Waals surface area (Å²) in [5.74, 6) is -1.58. The van der Waals surface area contributed by atoms with Crippen LogP contribution in [0.5, 0.6) is 0 Å². The average Bonchev–Trinajstić information content (AvgIpc) is 2.91. The maximum absolute atomic E-state index is 14.3. The second kappa shape index (κ2) is 16.0. The molecule has 2 fully saturated rings. The molecule has 2 aliphatic rings. The average molecular weight is 706 g/mol. The van der Waals surface area contributed by atoms with Gasteiger partial charge in [-0.1, -0.05) is 32.9 Å². The van der Waals surface area contributed by atoms with E-state index in [0.29, 0.717) is 25.9 Å². The number of hydrogen-bond donors (Lipinski definition) is 1. The molecule has 270 valence electrons. The van der Waals surface area contributed by atoms with Crippen LogP contribution in [0.2, 0.25) is 58.9 Å². The third-order valence-corrected chi connectivity index (χ3v) is 12.0. The second-order valence-corrected chi connectivity index (χ2v) is 30.1. The molecule has 1 unspecified atom stereocenters. The smallest absolute Gasteiger partial charge is 0.255 e. The lowest BCUT2D eigenvalue weighted by molar-refractivity contribution is -0.295. The number of ether oxygens (including phenoxy) is 5. The minimum Gasteiger partial charge on any atom is -0.415 e. The van der Waals surface area contributed by atoms with Gasteiger partial charge in [-0.15, -0.1) is 0 Å². The van der Waals surface area contributed by atoms with Crippen LogP contribution in [0.25, 0.3) is 0 Å². The van der Waals surface area contributed by atoms with Crippen LogP contribution in [-0.2, 0) is 41.8 Å². The van der Waals surface area contributed by atoms with E-state index in [1.54, 1.807) is 21.3 Å². The summed E-state index contributed by atoms with van der Waals surface area (Å²) in [5.41, 5.74) is 0.626. The quantitative estimate of drug-likeness (QED) is 0.113. The van der Waals surface area contributed by atoms with E-state index in [1.165, 1.54) is 0 Å². The lowest BCUT2D eigenvalue weighted by Crippen LogP contribution is -2.64. The molecule has 0 bridgehead atoms. The number of rotatable bonds is 16. The van der Waals surface area contributed by atoms with E-state index in [2.05, 4.69) is 71.9 Å². The van der Waals surface area contributed by atoms with Crippen LogP contribution in [0, 0.1) is 11.3 Å². The molecule has 2 saturated heterocycles. The minimum atomic E-state index is -2.27. The van der Waals surface area contributed by atoms with Gasteiger partial charge in [0, 0.05) is 51.9 Å². The zero-order chi connectivity index (χ0) is 35.5. The lowest BCUT2D eigenvalue weighted by atomic mass is 9.74. The summed E-state index contributed by atoms with van der Waals surface area (Å²) < 4.78 is 50.8. The maximum atomic E-state index is 14.3. The normalized spacial score (nSPS) is 31.3. The topological polar surface area (TPSA) is 103 Å². The van der Waals surface area contributed by atoms with Gasteiger partial charge in [0.2, 0.25) is 5.79 Å². The van der Waals surface area contributed by atoms with Gasteiger partial charge in [0.05, 0.1) is 31.0 Å². The molecular weight excluding hydrogens is 639 g/mol. The van der Waals surface area contributed by atoms with Crippen molar-refractivity contribution in [2.75, 3.05) is 27.9 Å². The van der Waals surface area contributed by atoms with Crippen molar-refractivity contribution in [1.29, 1.82) is 0 Å². The summed E-state index contributed by atoms with van der Waals surface area (Å²) in [6.45, 7) is 32.4. The first-order valence-corrected chi connectivity index (χ1v) is 27.0. The Kier molecular flexibility index (Phi) is 14.6. The van der Waals surface area contributed by atoms with Crippen molar-refractivity contribution in [3.63, 3.8) is 0 Å². The van der Waals surface area contributed by atoms with Crippen molar-refractivity contribution in [3.05, 3.63) is 12.2 Å². The number of hydrogen-bond acceptors (Lipinski definition) is 9. The van der Waals surface area contributed by atoms with Crippen LogP contribution in [0.1, 0.15) is 47.0 Å². The van der Waals surface area contributed by atoms with Crippen LogP contribution in [0.3, 0.4) is 0 Å². The first-order chi connectivity index (χ1) is 20.9. The van der Waals surface area contributed by atoms with Gasteiger partial charge in [-0.3, -0.25) is 4.79 Å². The number of nitrogens with one attached hydrogen (secondary N) is 1. The van der Waals surface area contributed by atoms with E-state index >= 15 is 0 Å². The molecule has 2 rings (SSSR count). The summed E-state index contributed by atoms with van der Waals surface area (Å²) in [6.07, 6.45) is -1.54. The Morgan fingerprint density at radius 3 is 2.04 bits per heavy atom. The van der Waals surface area contributed by atoms with Gasteiger partial charge >= 0.3 is 0 Å². The monoisotopic (exact) mass is 705 g/mol. The van der Waals surface area contributed by atoms with E-state index < -0.39 is 49.2 Å². The third-order valence-electron chi connectivity index (χ3n) is 8.99. The summed E-state index contributed by atoms with van der Waals surface area (Å²) in [6, 6.07) is 0. The molecule has 2 heterocycles. The molecular formula is C33H67NO9Si3. The highest BCUT2D eigenvalue weighted by Crippen LogP contribution is 2.43. The van der Waals surface area contributed by atoms with Crippen molar-refractivity contribution in [1.82, 2.24) is 5.32 Å². The van der Waals surface area contributed by atoms with E-state index in [1.807, 2.05) is 26.6 Å². The standard InChI is InChI=1S/C33H67NO9Si3/c1-22-20-33(38-8,41-24(3)23(22)2)29(43-46(15,16)17)30(35)34-31(37-7)26-19-28(42-45(12,13)14)32(4,5)27(40-26)18-25(36-6)21-39-44(9,10)11/h23-29,31H,1,18-21H2,2-17H3,(H,34,35)/t23-,24-,25?,26+,27-,28-,29-,31+,33-/m1/s1. The van der Waals surface area contributed by atoms with Crippen molar-refractivity contribution < 1.29 is 41.8 Å². The largest absolute Gasteiger partial charge is 0.415 e. The fourth-order valence-electron chi connectivity index (χ4n) is 6.02. The first kappa shape index (κ1) is 41.7. The second-order valence-electron chi connectivity index (χ2n) is 16.7. The van der Waals surface area contributed by atoms with E-state index in [-0.39, 0.29) is 41.7 Å². The van der Waals surface area contributed by atoms with E-state index in [9.17, 15) is 4.79 Å². The first-order valence-electron chi connectivity index (χ1n) is 16.8. The number of carbonyl (C=O) groups is 1. The van der Waals surface area contributed by atoms with Crippen LogP contribution in [0.15, 0.2) is 12.2 Å². The number of amides is 1. The Morgan fingerprint density at radius 2 is 1.59 bits per heavy atom. The Balaban J connectivity index is 2.44. The Hall–Kier alpha value is -0.459. The Morgan fingerprint density at radius 1 is 0.978 bits per heavy atom. The van der Waals surface area contributed by atoms with Crippen molar-refractivity contribution in [3.8, 4) is 0 Å². The molecule has 0 aromatic rings. The molecule has 0 aromatic carbocycles. The summed E-state index contributed by atoms with van der Waals surface area (Å²) >= 11 is 0.